The molecule has 88 valence electrons. The van der Waals surface area contributed by atoms with Crippen molar-refractivity contribution in [1.29, 1.82) is 0 Å². The van der Waals surface area contributed by atoms with E-state index in [2.05, 4.69) is 4.98 Å². The monoisotopic (exact) mass is 268 g/mol. The molecule has 0 radical (unpaired) electrons. The smallest absolute Gasteiger partial charge is 0.185 e. The molecular weight excluding hydrogens is 259 g/mol. The number of benzene rings is 1. The van der Waals surface area contributed by atoms with Gasteiger partial charge in [-0.15, -0.1) is 0 Å². The summed E-state index contributed by atoms with van der Waals surface area (Å²) >= 11 is 11.9. The van der Waals surface area contributed by atoms with E-state index in [9.17, 15) is 4.79 Å². The molecule has 0 unspecified atom stereocenters. The lowest BCUT2D eigenvalue weighted by atomic mass is 10.1. The average Bonchev–Trinajstić information content (AvgIpc) is 2.71. The van der Waals surface area contributed by atoms with Gasteiger partial charge in [-0.05, 0) is 11.6 Å². The van der Waals surface area contributed by atoms with Gasteiger partial charge in [0.1, 0.15) is 5.69 Å². The molecule has 0 aliphatic carbocycles. The van der Waals surface area contributed by atoms with E-state index >= 15 is 0 Å². The molecule has 0 saturated heterocycles. The molecule has 1 heterocycles. The molecule has 17 heavy (non-hydrogen) atoms. The highest BCUT2D eigenvalue weighted by Gasteiger charge is 2.13. The fourth-order valence-electron chi connectivity index (χ4n) is 1.57. The van der Waals surface area contributed by atoms with Crippen molar-refractivity contribution >= 4 is 29.0 Å². The molecule has 0 atom stereocenters. The number of hydrogen-bond donors (Lipinski definition) is 0. The zero-order valence-electron chi connectivity index (χ0n) is 9.15. The second-order valence-corrected chi connectivity index (χ2v) is 4.49. The van der Waals surface area contributed by atoms with E-state index in [1.807, 2.05) is 0 Å². The van der Waals surface area contributed by atoms with Crippen LogP contribution in [0.15, 0.2) is 30.7 Å². The van der Waals surface area contributed by atoms with Crippen molar-refractivity contribution in [3.8, 4) is 0 Å². The normalized spacial score (nSPS) is 10.5. The van der Waals surface area contributed by atoms with E-state index in [4.69, 9.17) is 23.2 Å². The SMILES string of the molecule is Cn1cncc1C(=O)Cc1cccc(Cl)c1Cl. The van der Waals surface area contributed by atoms with Gasteiger partial charge in [-0.2, -0.15) is 0 Å². The fraction of sp³-hybridized carbons (Fsp3) is 0.167. The molecule has 0 aliphatic heterocycles. The third-order valence-electron chi connectivity index (χ3n) is 2.48. The predicted molar refractivity (Wildman–Crippen MR) is 67.7 cm³/mol. The first-order valence-corrected chi connectivity index (χ1v) is 5.77. The Labute approximate surface area is 109 Å². The molecule has 0 saturated carbocycles. The van der Waals surface area contributed by atoms with Crippen LogP contribution in [0, 0.1) is 0 Å². The van der Waals surface area contributed by atoms with Crippen molar-refractivity contribution in [2.45, 2.75) is 6.42 Å². The molecule has 5 heteroatoms. The van der Waals surface area contributed by atoms with E-state index < -0.39 is 0 Å². The van der Waals surface area contributed by atoms with Crippen LogP contribution < -0.4 is 0 Å². The summed E-state index contributed by atoms with van der Waals surface area (Å²) in [4.78, 5) is 15.9. The summed E-state index contributed by atoms with van der Waals surface area (Å²) < 4.78 is 1.68. The van der Waals surface area contributed by atoms with Crippen LogP contribution in [0.3, 0.4) is 0 Å². The number of ketones is 1. The number of aromatic nitrogens is 2. The van der Waals surface area contributed by atoms with Crippen LogP contribution >= 0.6 is 23.2 Å². The van der Waals surface area contributed by atoms with Crippen LogP contribution in [-0.4, -0.2) is 15.3 Å². The Morgan fingerprint density at radius 3 is 2.82 bits per heavy atom. The van der Waals surface area contributed by atoms with Crippen LogP contribution in [0.25, 0.3) is 0 Å². The molecule has 0 fully saturated rings. The quantitative estimate of drug-likeness (QED) is 0.802. The number of Topliss-reactive ketones (excluding diaryl/α,β-unsaturated/α-hetero) is 1. The summed E-state index contributed by atoms with van der Waals surface area (Å²) in [6.07, 6.45) is 3.35. The first-order valence-electron chi connectivity index (χ1n) is 5.02. The van der Waals surface area contributed by atoms with Gasteiger partial charge in [-0.1, -0.05) is 35.3 Å². The number of nitrogens with zero attached hydrogens (tertiary/aromatic N) is 2. The number of hydrogen-bond acceptors (Lipinski definition) is 2. The molecule has 0 aliphatic rings. The van der Waals surface area contributed by atoms with Crippen LogP contribution in [-0.2, 0) is 13.5 Å². The number of carbonyl (C=O) groups is 1. The maximum absolute atomic E-state index is 12.0. The van der Waals surface area contributed by atoms with E-state index in [-0.39, 0.29) is 12.2 Å². The van der Waals surface area contributed by atoms with Gasteiger partial charge >= 0.3 is 0 Å². The third-order valence-corrected chi connectivity index (χ3v) is 3.34. The lowest BCUT2D eigenvalue weighted by Crippen LogP contribution is -2.08. The van der Waals surface area contributed by atoms with Crippen LogP contribution in [0.5, 0.6) is 0 Å². The van der Waals surface area contributed by atoms with Gasteiger partial charge in [0, 0.05) is 13.5 Å². The lowest BCUT2D eigenvalue weighted by Gasteiger charge is -2.05. The summed E-state index contributed by atoms with van der Waals surface area (Å²) in [6.45, 7) is 0. The zero-order valence-corrected chi connectivity index (χ0v) is 10.7. The van der Waals surface area contributed by atoms with Crippen molar-refractivity contribution in [2.24, 2.45) is 7.05 Å². The minimum atomic E-state index is -0.0332. The molecular formula is C12H10Cl2N2O. The van der Waals surface area contributed by atoms with Gasteiger partial charge in [-0.25, -0.2) is 4.98 Å². The minimum absolute atomic E-state index is 0.0332. The first-order chi connectivity index (χ1) is 8.09. The van der Waals surface area contributed by atoms with Crippen LogP contribution in [0.4, 0.5) is 0 Å². The van der Waals surface area contributed by atoms with Gasteiger partial charge in [0.15, 0.2) is 5.78 Å². The zero-order chi connectivity index (χ0) is 12.4. The van der Waals surface area contributed by atoms with Gasteiger partial charge in [0.2, 0.25) is 0 Å². The molecule has 0 N–H and O–H groups in total. The van der Waals surface area contributed by atoms with Crippen molar-refractivity contribution in [1.82, 2.24) is 9.55 Å². The van der Waals surface area contributed by atoms with Crippen LogP contribution in [0.1, 0.15) is 16.1 Å². The molecule has 1 aromatic heterocycles. The molecule has 0 spiro atoms. The van der Waals surface area contributed by atoms with Crippen LogP contribution in [0.2, 0.25) is 10.0 Å². The highest BCUT2D eigenvalue weighted by atomic mass is 35.5. The minimum Gasteiger partial charge on any atom is -0.331 e. The van der Waals surface area contributed by atoms with E-state index in [0.29, 0.717) is 15.7 Å². The number of aryl methyl sites for hydroxylation is 1. The Kier molecular flexibility index (Phi) is 3.50. The molecule has 0 bridgehead atoms. The fourth-order valence-corrected chi connectivity index (χ4v) is 1.96. The number of imidazole rings is 1. The van der Waals surface area contributed by atoms with E-state index in [1.54, 1.807) is 42.3 Å². The largest absolute Gasteiger partial charge is 0.331 e. The van der Waals surface area contributed by atoms with Crippen molar-refractivity contribution in [3.05, 3.63) is 52.0 Å². The second kappa shape index (κ2) is 4.90. The Morgan fingerprint density at radius 1 is 1.41 bits per heavy atom. The van der Waals surface area contributed by atoms with Crippen molar-refractivity contribution < 1.29 is 4.79 Å². The number of carbonyl (C=O) groups excluding carboxylic acids is 1. The Morgan fingerprint density at radius 2 is 2.18 bits per heavy atom. The van der Waals surface area contributed by atoms with E-state index in [0.717, 1.165) is 5.56 Å². The maximum atomic E-state index is 12.0. The highest BCUT2D eigenvalue weighted by molar-refractivity contribution is 6.42. The van der Waals surface area contributed by atoms with Gasteiger partial charge in [-0.3, -0.25) is 4.79 Å². The van der Waals surface area contributed by atoms with Gasteiger partial charge < -0.3 is 4.57 Å². The predicted octanol–water partition coefficient (Wildman–Crippen LogP) is 3.15. The summed E-state index contributed by atoms with van der Waals surface area (Å²) in [7, 11) is 1.78. The maximum Gasteiger partial charge on any atom is 0.185 e. The topological polar surface area (TPSA) is 34.9 Å². The number of rotatable bonds is 3. The summed E-state index contributed by atoms with van der Waals surface area (Å²) in [5.41, 5.74) is 1.28. The van der Waals surface area contributed by atoms with E-state index in [1.165, 1.54) is 0 Å². The Bertz CT molecular complexity index is 563. The summed E-state index contributed by atoms with van der Waals surface area (Å²) in [6, 6.07) is 5.27. The Hall–Kier alpha value is -1.32. The molecule has 2 rings (SSSR count). The summed E-state index contributed by atoms with van der Waals surface area (Å²) in [5.74, 6) is -0.0332. The standard InChI is InChI=1S/C12H10Cl2N2O/c1-16-7-15-6-10(16)11(17)5-8-3-2-4-9(13)12(8)14/h2-4,6-7H,5H2,1H3. The highest BCUT2D eigenvalue weighted by Crippen LogP contribution is 2.26. The number of halogens is 2. The summed E-state index contributed by atoms with van der Waals surface area (Å²) in [5, 5.41) is 0.895. The van der Waals surface area contributed by atoms with Gasteiger partial charge in [0.25, 0.3) is 0 Å². The lowest BCUT2D eigenvalue weighted by molar-refractivity contribution is 0.0985. The molecule has 0 amide bonds. The van der Waals surface area contributed by atoms with Crippen molar-refractivity contribution in [2.75, 3.05) is 0 Å². The molecule has 2 aromatic rings. The second-order valence-electron chi connectivity index (χ2n) is 3.70. The first kappa shape index (κ1) is 12.1. The molecule has 1 aromatic carbocycles. The van der Waals surface area contributed by atoms with Gasteiger partial charge in [0.05, 0.1) is 22.6 Å². The Balaban J connectivity index is 2.25. The molecule has 3 nitrogen and oxygen atoms in total. The average molecular weight is 269 g/mol. The van der Waals surface area contributed by atoms with Crippen molar-refractivity contribution in [3.63, 3.8) is 0 Å². The third kappa shape index (κ3) is 2.51.